The number of nitrogens with zero attached hydrogens (tertiary/aromatic N) is 2. The van der Waals surface area contributed by atoms with Crippen molar-refractivity contribution in [2.75, 3.05) is 6.61 Å². The number of rotatable bonds is 4. The van der Waals surface area contributed by atoms with Crippen molar-refractivity contribution in [1.82, 2.24) is 9.97 Å². The van der Waals surface area contributed by atoms with E-state index in [0.29, 0.717) is 30.1 Å². The highest BCUT2D eigenvalue weighted by molar-refractivity contribution is 5.90. The summed E-state index contributed by atoms with van der Waals surface area (Å²) in [6.45, 7) is 2.20. The van der Waals surface area contributed by atoms with Gasteiger partial charge in [0.1, 0.15) is 5.82 Å². The van der Waals surface area contributed by atoms with Gasteiger partial charge < -0.3 is 9.47 Å². The molecule has 1 saturated carbocycles. The van der Waals surface area contributed by atoms with Gasteiger partial charge in [0.25, 0.3) is 0 Å². The standard InChI is InChI=1S/C16H20N2O3/c1-2-20-16(19)12-8-17-15(18-14(12)9-3-4-9)11-7-10-5-6-13(11)21-10/h8-11,13H,2-7H2,1H3. The van der Waals surface area contributed by atoms with Crippen LogP contribution in [0.4, 0.5) is 0 Å². The number of esters is 1. The summed E-state index contributed by atoms with van der Waals surface area (Å²) in [5.41, 5.74) is 1.44. The van der Waals surface area contributed by atoms with Gasteiger partial charge in [-0.2, -0.15) is 0 Å². The van der Waals surface area contributed by atoms with Gasteiger partial charge in [0.05, 0.1) is 30.1 Å². The summed E-state index contributed by atoms with van der Waals surface area (Å²) in [5.74, 6) is 1.27. The summed E-state index contributed by atoms with van der Waals surface area (Å²) in [5, 5.41) is 0. The Balaban J connectivity index is 1.64. The topological polar surface area (TPSA) is 61.3 Å². The third-order valence-corrected chi connectivity index (χ3v) is 4.73. The Morgan fingerprint density at radius 3 is 2.86 bits per heavy atom. The average Bonchev–Trinajstić information content (AvgIpc) is 3.14. The molecule has 3 heterocycles. The van der Waals surface area contributed by atoms with Gasteiger partial charge in [-0.3, -0.25) is 0 Å². The van der Waals surface area contributed by atoms with Gasteiger partial charge in [-0.25, -0.2) is 14.8 Å². The summed E-state index contributed by atoms with van der Waals surface area (Å²) < 4.78 is 11.0. The Hall–Kier alpha value is -1.49. The van der Waals surface area contributed by atoms with E-state index in [1.807, 2.05) is 6.92 Å². The smallest absolute Gasteiger partial charge is 0.341 e. The minimum absolute atomic E-state index is 0.274. The van der Waals surface area contributed by atoms with Crippen molar-refractivity contribution in [3.05, 3.63) is 23.3 Å². The van der Waals surface area contributed by atoms with E-state index in [4.69, 9.17) is 14.5 Å². The van der Waals surface area contributed by atoms with Crippen molar-refractivity contribution < 1.29 is 14.3 Å². The molecule has 112 valence electrons. The normalized spacial score (nSPS) is 30.6. The van der Waals surface area contributed by atoms with Crippen molar-refractivity contribution in [1.29, 1.82) is 0 Å². The van der Waals surface area contributed by atoms with Crippen molar-refractivity contribution in [3.8, 4) is 0 Å². The van der Waals surface area contributed by atoms with E-state index in [1.165, 1.54) is 0 Å². The molecule has 0 amide bonds. The fourth-order valence-electron chi connectivity index (χ4n) is 3.53. The third kappa shape index (κ3) is 2.33. The zero-order valence-corrected chi connectivity index (χ0v) is 12.2. The molecule has 1 aromatic heterocycles. The molecular formula is C16H20N2O3. The van der Waals surface area contributed by atoms with Crippen molar-refractivity contribution in [2.45, 2.75) is 63.1 Å². The molecule has 0 radical (unpaired) electrons. The molecule has 0 N–H and O–H groups in total. The predicted molar refractivity (Wildman–Crippen MR) is 75.2 cm³/mol. The number of fused-ring (bicyclic) bond motifs is 2. The lowest BCUT2D eigenvalue weighted by atomic mass is 9.88. The van der Waals surface area contributed by atoms with E-state index in [2.05, 4.69) is 4.98 Å². The first-order chi connectivity index (χ1) is 10.3. The summed E-state index contributed by atoms with van der Waals surface area (Å²) in [6.07, 6.45) is 7.84. The quantitative estimate of drug-likeness (QED) is 0.797. The maximum atomic E-state index is 12.0. The number of aromatic nitrogens is 2. The summed E-state index contributed by atoms with van der Waals surface area (Å²) >= 11 is 0. The molecular weight excluding hydrogens is 268 g/mol. The second-order valence-electron chi connectivity index (χ2n) is 6.24. The number of carbonyl (C=O) groups excluding carboxylic acids is 1. The highest BCUT2D eigenvalue weighted by Gasteiger charge is 2.43. The first-order valence-corrected chi connectivity index (χ1v) is 7.95. The van der Waals surface area contributed by atoms with E-state index in [-0.39, 0.29) is 12.1 Å². The van der Waals surface area contributed by atoms with E-state index in [0.717, 1.165) is 43.6 Å². The lowest BCUT2D eigenvalue weighted by Crippen LogP contribution is -2.19. The van der Waals surface area contributed by atoms with Crippen molar-refractivity contribution in [2.24, 2.45) is 0 Å². The first kappa shape index (κ1) is 13.2. The van der Waals surface area contributed by atoms with Crippen molar-refractivity contribution in [3.63, 3.8) is 0 Å². The molecule has 0 spiro atoms. The maximum absolute atomic E-state index is 12.0. The zero-order chi connectivity index (χ0) is 14.4. The lowest BCUT2D eigenvalue weighted by molar-refractivity contribution is 0.0523. The maximum Gasteiger partial charge on any atom is 0.341 e. The number of carbonyl (C=O) groups is 1. The molecule has 3 aliphatic rings. The summed E-state index contributed by atoms with van der Waals surface area (Å²) in [6, 6.07) is 0. The van der Waals surface area contributed by atoms with Gasteiger partial charge in [0.2, 0.25) is 0 Å². The lowest BCUT2D eigenvalue weighted by Gasteiger charge is -2.18. The van der Waals surface area contributed by atoms with Crippen LogP contribution >= 0.6 is 0 Å². The summed E-state index contributed by atoms with van der Waals surface area (Å²) in [7, 11) is 0. The first-order valence-electron chi connectivity index (χ1n) is 7.95. The molecule has 3 unspecified atom stereocenters. The molecule has 3 atom stereocenters. The van der Waals surface area contributed by atoms with Crippen LogP contribution in [0.3, 0.4) is 0 Å². The fourth-order valence-corrected chi connectivity index (χ4v) is 3.53. The molecule has 3 fully saturated rings. The fraction of sp³-hybridized carbons (Fsp3) is 0.688. The van der Waals surface area contributed by atoms with Crippen LogP contribution in [-0.4, -0.2) is 34.8 Å². The molecule has 5 heteroatoms. The average molecular weight is 288 g/mol. The molecule has 2 saturated heterocycles. The number of hydrogen-bond donors (Lipinski definition) is 0. The second-order valence-corrected chi connectivity index (χ2v) is 6.24. The van der Waals surface area contributed by atoms with Gasteiger partial charge in [0, 0.05) is 18.0 Å². The largest absolute Gasteiger partial charge is 0.462 e. The van der Waals surface area contributed by atoms with Crippen molar-refractivity contribution >= 4 is 5.97 Å². The Morgan fingerprint density at radius 1 is 1.38 bits per heavy atom. The van der Waals surface area contributed by atoms with Gasteiger partial charge in [-0.1, -0.05) is 0 Å². The van der Waals surface area contributed by atoms with Crippen LogP contribution in [0.5, 0.6) is 0 Å². The Labute approximate surface area is 124 Å². The van der Waals surface area contributed by atoms with Crippen LogP contribution in [0, 0.1) is 0 Å². The Morgan fingerprint density at radius 2 is 2.24 bits per heavy atom. The summed E-state index contributed by atoms with van der Waals surface area (Å²) in [4.78, 5) is 21.2. The van der Waals surface area contributed by atoms with Crippen LogP contribution in [0.2, 0.25) is 0 Å². The number of ether oxygens (including phenoxy) is 2. The minimum atomic E-state index is -0.296. The van der Waals surface area contributed by atoms with Crippen LogP contribution < -0.4 is 0 Å². The molecule has 21 heavy (non-hydrogen) atoms. The minimum Gasteiger partial charge on any atom is -0.462 e. The monoisotopic (exact) mass is 288 g/mol. The van der Waals surface area contributed by atoms with E-state index in [9.17, 15) is 4.79 Å². The van der Waals surface area contributed by atoms with E-state index >= 15 is 0 Å². The van der Waals surface area contributed by atoms with Crippen LogP contribution in [0.15, 0.2) is 6.20 Å². The van der Waals surface area contributed by atoms with E-state index in [1.54, 1.807) is 6.20 Å². The second kappa shape index (κ2) is 5.05. The molecule has 2 bridgehead atoms. The van der Waals surface area contributed by atoms with E-state index < -0.39 is 0 Å². The molecule has 1 aromatic rings. The van der Waals surface area contributed by atoms with Gasteiger partial charge in [-0.15, -0.1) is 0 Å². The molecule has 5 nitrogen and oxygen atoms in total. The highest BCUT2D eigenvalue weighted by Crippen LogP contribution is 2.45. The third-order valence-electron chi connectivity index (χ3n) is 4.73. The Kier molecular flexibility index (Phi) is 3.17. The van der Waals surface area contributed by atoms with Crippen LogP contribution in [0.25, 0.3) is 0 Å². The van der Waals surface area contributed by atoms with Gasteiger partial charge in [0.15, 0.2) is 0 Å². The predicted octanol–water partition coefficient (Wildman–Crippen LogP) is 2.57. The van der Waals surface area contributed by atoms with Crippen LogP contribution in [-0.2, 0) is 9.47 Å². The molecule has 0 aromatic carbocycles. The van der Waals surface area contributed by atoms with Gasteiger partial charge >= 0.3 is 5.97 Å². The molecule has 1 aliphatic carbocycles. The zero-order valence-electron chi connectivity index (χ0n) is 12.2. The number of hydrogen-bond acceptors (Lipinski definition) is 5. The Bertz CT molecular complexity index is 571. The van der Waals surface area contributed by atoms with Crippen LogP contribution in [0.1, 0.15) is 72.7 Å². The highest BCUT2D eigenvalue weighted by atomic mass is 16.5. The van der Waals surface area contributed by atoms with Gasteiger partial charge in [-0.05, 0) is 39.0 Å². The molecule has 4 rings (SSSR count). The molecule has 2 aliphatic heterocycles. The SMILES string of the molecule is CCOC(=O)c1cnc(C2CC3CCC2O3)nc1C1CC1.